The van der Waals surface area contributed by atoms with Gasteiger partial charge in [0.25, 0.3) is 0 Å². The van der Waals surface area contributed by atoms with E-state index in [1.165, 1.54) is 0 Å². The number of rotatable bonds is 3. The van der Waals surface area contributed by atoms with E-state index >= 15 is 0 Å². The molecule has 2 heterocycles. The molecule has 0 amide bonds. The summed E-state index contributed by atoms with van der Waals surface area (Å²) in [5.41, 5.74) is 0. The van der Waals surface area contributed by atoms with E-state index in [1.807, 2.05) is 0 Å². The van der Waals surface area contributed by atoms with Gasteiger partial charge in [-0.25, -0.2) is 4.79 Å². The van der Waals surface area contributed by atoms with Crippen LogP contribution in [-0.4, -0.2) is 43.3 Å². The number of carboxylic acids is 1. The van der Waals surface area contributed by atoms with Crippen LogP contribution in [0.3, 0.4) is 0 Å². The maximum absolute atomic E-state index is 10.6. The molecule has 86 valence electrons. The van der Waals surface area contributed by atoms with Crippen molar-refractivity contribution in [1.29, 1.82) is 0 Å². The molecule has 2 saturated heterocycles. The average Bonchev–Trinajstić information content (AvgIpc) is 2.68. The summed E-state index contributed by atoms with van der Waals surface area (Å²) < 4.78 is 15.8. The normalized spacial score (nSPS) is 33.1. The van der Waals surface area contributed by atoms with Gasteiger partial charge in [-0.3, -0.25) is 0 Å². The molecule has 2 aliphatic rings. The molecule has 0 aromatic heterocycles. The second kappa shape index (κ2) is 4.92. The molecule has 0 aromatic carbocycles. The van der Waals surface area contributed by atoms with Crippen LogP contribution in [0, 0.1) is 5.92 Å². The van der Waals surface area contributed by atoms with Gasteiger partial charge in [0.05, 0.1) is 6.61 Å². The summed E-state index contributed by atoms with van der Waals surface area (Å²) in [7, 11) is 0. The zero-order valence-electron chi connectivity index (χ0n) is 8.55. The first kappa shape index (κ1) is 10.9. The van der Waals surface area contributed by atoms with E-state index in [2.05, 4.69) is 0 Å². The molecule has 0 spiro atoms. The monoisotopic (exact) mass is 216 g/mol. The predicted octanol–water partition coefficient (Wildman–Crippen LogP) is 0.629. The van der Waals surface area contributed by atoms with Crippen molar-refractivity contribution in [2.45, 2.75) is 31.7 Å². The molecule has 0 aliphatic carbocycles. The van der Waals surface area contributed by atoms with Gasteiger partial charge in [-0.05, 0) is 18.8 Å². The number of hydrogen-bond acceptors (Lipinski definition) is 4. The average molecular weight is 216 g/mol. The van der Waals surface area contributed by atoms with Crippen LogP contribution in [0.15, 0.2) is 0 Å². The molecule has 5 nitrogen and oxygen atoms in total. The van der Waals surface area contributed by atoms with E-state index in [4.69, 9.17) is 19.3 Å². The first-order chi connectivity index (χ1) is 7.25. The van der Waals surface area contributed by atoms with Crippen LogP contribution in [0.5, 0.6) is 0 Å². The molecule has 2 aliphatic heterocycles. The fourth-order valence-electron chi connectivity index (χ4n) is 1.96. The van der Waals surface area contributed by atoms with E-state index in [-0.39, 0.29) is 12.9 Å². The number of aliphatic carboxylic acids is 1. The summed E-state index contributed by atoms with van der Waals surface area (Å²) in [6.07, 6.45) is 1.69. The molecular formula is C10H16O5. The van der Waals surface area contributed by atoms with Crippen molar-refractivity contribution >= 4 is 5.97 Å². The summed E-state index contributed by atoms with van der Waals surface area (Å²) in [6, 6.07) is 0. The highest BCUT2D eigenvalue weighted by molar-refractivity contribution is 5.72. The molecule has 2 rings (SSSR count). The Morgan fingerprint density at radius 3 is 2.67 bits per heavy atom. The van der Waals surface area contributed by atoms with Gasteiger partial charge in [-0.1, -0.05) is 0 Å². The highest BCUT2D eigenvalue weighted by Gasteiger charge is 2.33. The second-order valence-electron chi connectivity index (χ2n) is 4.02. The molecule has 2 atom stereocenters. The summed E-state index contributed by atoms with van der Waals surface area (Å²) in [5, 5.41) is 8.71. The highest BCUT2D eigenvalue weighted by atomic mass is 16.7. The van der Waals surface area contributed by atoms with Gasteiger partial charge < -0.3 is 19.3 Å². The molecule has 15 heavy (non-hydrogen) atoms. The van der Waals surface area contributed by atoms with Gasteiger partial charge in [0.2, 0.25) is 0 Å². The molecule has 1 N–H and O–H groups in total. The van der Waals surface area contributed by atoms with Crippen LogP contribution in [0.25, 0.3) is 0 Å². The first-order valence-electron chi connectivity index (χ1n) is 5.33. The number of carbonyl (C=O) groups is 1. The minimum absolute atomic E-state index is 0.170. The van der Waals surface area contributed by atoms with Gasteiger partial charge in [-0.2, -0.15) is 0 Å². The maximum atomic E-state index is 10.6. The Bertz CT molecular complexity index is 224. The zero-order valence-corrected chi connectivity index (χ0v) is 8.55. The minimum Gasteiger partial charge on any atom is -0.479 e. The third-order valence-corrected chi connectivity index (χ3v) is 2.89. The zero-order chi connectivity index (χ0) is 10.7. The van der Waals surface area contributed by atoms with Crippen LogP contribution in [0.4, 0.5) is 0 Å². The smallest absolute Gasteiger partial charge is 0.335 e. The lowest BCUT2D eigenvalue weighted by molar-refractivity contribution is -0.151. The van der Waals surface area contributed by atoms with E-state index < -0.39 is 12.1 Å². The van der Waals surface area contributed by atoms with Crippen LogP contribution < -0.4 is 0 Å². The van der Waals surface area contributed by atoms with Gasteiger partial charge in [-0.15, -0.1) is 0 Å². The predicted molar refractivity (Wildman–Crippen MR) is 50.4 cm³/mol. The SMILES string of the molecule is O=C(O)C1COC(CC2CCOCC2)O1. The Labute approximate surface area is 88.3 Å². The second-order valence-corrected chi connectivity index (χ2v) is 4.02. The van der Waals surface area contributed by atoms with Crippen molar-refractivity contribution in [2.75, 3.05) is 19.8 Å². The molecule has 0 saturated carbocycles. The topological polar surface area (TPSA) is 65.0 Å². The van der Waals surface area contributed by atoms with Gasteiger partial charge in [0.15, 0.2) is 12.4 Å². The van der Waals surface area contributed by atoms with E-state index in [1.54, 1.807) is 0 Å². The highest BCUT2D eigenvalue weighted by Crippen LogP contribution is 2.25. The van der Waals surface area contributed by atoms with Crippen molar-refractivity contribution in [2.24, 2.45) is 5.92 Å². The van der Waals surface area contributed by atoms with Gasteiger partial charge >= 0.3 is 5.97 Å². The van der Waals surface area contributed by atoms with Gasteiger partial charge in [0, 0.05) is 19.6 Å². The molecular weight excluding hydrogens is 200 g/mol. The summed E-state index contributed by atoms with van der Waals surface area (Å²) in [5.74, 6) is -0.402. The number of ether oxygens (including phenoxy) is 3. The van der Waals surface area contributed by atoms with Crippen LogP contribution in [0.2, 0.25) is 0 Å². The Kier molecular flexibility index (Phi) is 3.56. The van der Waals surface area contributed by atoms with Crippen molar-refractivity contribution in [3.63, 3.8) is 0 Å². The molecule has 2 fully saturated rings. The summed E-state index contributed by atoms with van der Waals surface area (Å²) >= 11 is 0. The van der Waals surface area contributed by atoms with E-state index in [9.17, 15) is 4.79 Å². The third kappa shape index (κ3) is 2.90. The van der Waals surface area contributed by atoms with Crippen molar-refractivity contribution in [1.82, 2.24) is 0 Å². The standard InChI is InChI=1S/C10H16O5/c11-10(12)8-6-14-9(15-8)5-7-1-3-13-4-2-7/h7-9H,1-6H2,(H,11,12). The lowest BCUT2D eigenvalue weighted by Gasteiger charge is -2.23. The fraction of sp³-hybridized carbons (Fsp3) is 0.900. The van der Waals surface area contributed by atoms with Crippen molar-refractivity contribution < 1.29 is 24.1 Å². The Hall–Kier alpha value is -0.650. The fourth-order valence-corrected chi connectivity index (χ4v) is 1.96. The summed E-state index contributed by atoms with van der Waals surface area (Å²) in [6.45, 7) is 1.75. The van der Waals surface area contributed by atoms with Crippen molar-refractivity contribution in [3.05, 3.63) is 0 Å². The maximum Gasteiger partial charge on any atom is 0.335 e. The minimum atomic E-state index is -0.940. The number of carboxylic acid groups (broad SMARTS) is 1. The lowest BCUT2D eigenvalue weighted by Crippen LogP contribution is -2.25. The summed E-state index contributed by atoms with van der Waals surface area (Å²) in [4.78, 5) is 10.6. The molecule has 0 radical (unpaired) electrons. The molecule has 5 heteroatoms. The van der Waals surface area contributed by atoms with Crippen LogP contribution in [0.1, 0.15) is 19.3 Å². The van der Waals surface area contributed by atoms with E-state index in [0.717, 1.165) is 32.5 Å². The molecule has 2 unspecified atom stereocenters. The lowest BCUT2D eigenvalue weighted by atomic mass is 9.96. The Morgan fingerprint density at radius 2 is 2.07 bits per heavy atom. The first-order valence-corrected chi connectivity index (χ1v) is 5.33. The van der Waals surface area contributed by atoms with Crippen LogP contribution in [-0.2, 0) is 19.0 Å². The Balaban J connectivity index is 1.74. The van der Waals surface area contributed by atoms with Gasteiger partial charge in [0.1, 0.15) is 0 Å². The van der Waals surface area contributed by atoms with Crippen molar-refractivity contribution in [3.8, 4) is 0 Å². The molecule has 0 bridgehead atoms. The largest absolute Gasteiger partial charge is 0.479 e. The quantitative estimate of drug-likeness (QED) is 0.749. The molecule has 0 aromatic rings. The van der Waals surface area contributed by atoms with E-state index in [0.29, 0.717) is 5.92 Å². The Morgan fingerprint density at radius 1 is 1.33 bits per heavy atom. The third-order valence-electron chi connectivity index (χ3n) is 2.89. The van der Waals surface area contributed by atoms with Crippen LogP contribution >= 0.6 is 0 Å². The number of hydrogen-bond donors (Lipinski definition) is 1.